The molecule has 0 bridgehead atoms. The first-order valence-electron chi connectivity index (χ1n) is 3.49. The SMILES string of the molecule is NCCc1ccc(Cl)c(Cl)c1Cl. The van der Waals surface area contributed by atoms with Crippen molar-refractivity contribution in [2.24, 2.45) is 5.73 Å². The fourth-order valence-corrected chi connectivity index (χ4v) is 1.56. The van der Waals surface area contributed by atoms with Crippen LogP contribution >= 0.6 is 34.8 Å². The van der Waals surface area contributed by atoms with Crippen LogP contribution in [0.25, 0.3) is 0 Å². The lowest BCUT2D eigenvalue weighted by atomic mass is 10.1. The van der Waals surface area contributed by atoms with E-state index in [0.717, 1.165) is 12.0 Å². The lowest BCUT2D eigenvalue weighted by molar-refractivity contribution is 0.969. The molecule has 0 fully saturated rings. The van der Waals surface area contributed by atoms with Crippen molar-refractivity contribution in [2.75, 3.05) is 6.54 Å². The quantitative estimate of drug-likeness (QED) is 0.768. The third-order valence-electron chi connectivity index (χ3n) is 1.53. The summed E-state index contributed by atoms with van der Waals surface area (Å²) in [5.74, 6) is 0. The van der Waals surface area contributed by atoms with Gasteiger partial charge in [0.1, 0.15) is 0 Å². The van der Waals surface area contributed by atoms with E-state index >= 15 is 0 Å². The number of hydrogen-bond acceptors (Lipinski definition) is 1. The van der Waals surface area contributed by atoms with Crippen molar-refractivity contribution < 1.29 is 0 Å². The van der Waals surface area contributed by atoms with Crippen LogP contribution in [0.1, 0.15) is 5.56 Å². The Balaban J connectivity index is 3.08. The summed E-state index contributed by atoms with van der Waals surface area (Å²) >= 11 is 17.5. The molecule has 0 saturated heterocycles. The molecule has 1 nitrogen and oxygen atoms in total. The van der Waals surface area contributed by atoms with Crippen molar-refractivity contribution in [3.05, 3.63) is 32.8 Å². The highest BCUT2D eigenvalue weighted by Gasteiger charge is 2.07. The molecule has 0 heterocycles. The Morgan fingerprint density at radius 3 is 2.33 bits per heavy atom. The van der Waals surface area contributed by atoms with Gasteiger partial charge in [0.25, 0.3) is 0 Å². The summed E-state index contributed by atoms with van der Waals surface area (Å²) in [6.07, 6.45) is 0.718. The Labute approximate surface area is 86.4 Å². The largest absolute Gasteiger partial charge is 0.330 e. The maximum Gasteiger partial charge on any atom is 0.0781 e. The van der Waals surface area contributed by atoms with Crippen molar-refractivity contribution in [2.45, 2.75) is 6.42 Å². The van der Waals surface area contributed by atoms with Crippen molar-refractivity contribution in [1.29, 1.82) is 0 Å². The highest BCUT2D eigenvalue weighted by Crippen LogP contribution is 2.32. The topological polar surface area (TPSA) is 26.0 Å². The third kappa shape index (κ3) is 2.05. The van der Waals surface area contributed by atoms with Crippen molar-refractivity contribution in [1.82, 2.24) is 0 Å². The van der Waals surface area contributed by atoms with Gasteiger partial charge >= 0.3 is 0 Å². The minimum atomic E-state index is 0.407. The summed E-state index contributed by atoms with van der Waals surface area (Å²) in [7, 11) is 0. The van der Waals surface area contributed by atoms with Gasteiger partial charge in [0.05, 0.1) is 15.1 Å². The molecule has 0 atom stereocenters. The zero-order valence-electron chi connectivity index (χ0n) is 6.28. The van der Waals surface area contributed by atoms with E-state index in [9.17, 15) is 0 Å². The third-order valence-corrected chi connectivity index (χ3v) is 2.86. The normalized spacial score (nSPS) is 10.3. The standard InChI is InChI=1S/C8H8Cl3N/c9-6-2-1-5(3-4-12)7(10)8(6)11/h1-2H,3-4,12H2. The number of rotatable bonds is 2. The number of hydrogen-bond donors (Lipinski definition) is 1. The summed E-state index contributed by atoms with van der Waals surface area (Å²) in [6, 6.07) is 3.56. The Morgan fingerprint density at radius 1 is 1.08 bits per heavy atom. The van der Waals surface area contributed by atoms with E-state index in [0.29, 0.717) is 21.6 Å². The molecule has 0 spiro atoms. The predicted molar refractivity (Wildman–Crippen MR) is 54.2 cm³/mol. The van der Waals surface area contributed by atoms with E-state index in [1.54, 1.807) is 6.07 Å². The van der Waals surface area contributed by atoms with Gasteiger partial charge in [-0.2, -0.15) is 0 Å². The highest BCUT2D eigenvalue weighted by atomic mass is 35.5. The minimum Gasteiger partial charge on any atom is -0.330 e. The average Bonchev–Trinajstić information content (AvgIpc) is 2.07. The number of benzene rings is 1. The monoisotopic (exact) mass is 223 g/mol. The zero-order valence-corrected chi connectivity index (χ0v) is 8.55. The van der Waals surface area contributed by atoms with Crippen LogP contribution in [0.5, 0.6) is 0 Å². The van der Waals surface area contributed by atoms with Crippen molar-refractivity contribution >= 4 is 34.8 Å². The molecule has 0 saturated carbocycles. The van der Waals surface area contributed by atoms with Crippen LogP contribution in [0, 0.1) is 0 Å². The predicted octanol–water partition coefficient (Wildman–Crippen LogP) is 3.15. The van der Waals surface area contributed by atoms with E-state index in [1.807, 2.05) is 6.07 Å². The smallest absolute Gasteiger partial charge is 0.0781 e. The Kier molecular flexibility index (Phi) is 3.66. The minimum absolute atomic E-state index is 0.407. The zero-order chi connectivity index (χ0) is 9.14. The second-order valence-corrected chi connectivity index (χ2v) is 3.54. The molecule has 0 radical (unpaired) electrons. The van der Waals surface area contributed by atoms with Crippen LogP contribution in [-0.4, -0.2) is 6.54 Å². The van der Waals surface area contributed by atoms with Crippen LogP contribution in [0.2, 0.25) is 15.1 Å². The van der Waals surface area contributed by atoms with Gasteiger partial charge in [0.15, 0.2) is 0 Å². The maximum atomic E-state index is 5.91. The lowest BCUT2D eigenvalue weighted by Gasteiger charge is -2.04. The molecule has 0 aliphatic heterocycles. The van der Waals surface area contributed by atoms with E-state index in [4.69, 9.17) is 40.5 Å². The fraction of sp³-hybridized carbons (Fsp3) is 0.250. The molecule has 1 rings (SSSR count). The van der Waals surface area contributed by atoms with Crippen molar-refractivity contribution in [3.8, 4) is 0 Å². The Hall–Kier alpha value is 0.0500. The molecule has 0 amide bonds. The fourth-order valence-electron chi connectivity index (χ4n) is 0.914. The molecule has 4 heteroatoms. The van der Waals surface area contributed by atoms with E-state index in [-0.39, 0.29) is 0 Å². The molecule has 1 aromatic rings. The lowest BCUT2D eigenvalue weighted by Crippen LogP contribution is -2.03. The van der Waals surface area contributed by atoms with Gasteiger partial charge in [0, 0.05) is 0 Å². The summed E-state index contributed by atoms with van der Waals surface area (Å²) < 4.78 is 0. The molecular formula is C8H8Cl3N. The molecule has 2 N–H and O–H groups in total. The summed E-state index contributed by atoms with van der Waals surface area (Å²) in [5, 5.41) is 1.39. The summed E-state index contributed by atoms with van der Waals surface area (Å²) in [4.78, 5) is 0. The van der Waals surface area contributed by atoms with Crippen LogP contribution in [0.3, 0.4) is 0 Å². The van der Waals surface area contributed by atoms with Gasteiger partial charge in [-0.1, -0.05) is 40.9 Å². The first kappa shape index (κ1) is 10.1. The van der Waals surface area contributed by atoms with Crippen LogP contribution in [-0.2, 0) is 6.42 Å². The van der Waals surface area contributed by atoms with Gasteiger partial charge in [0.2, 0.25) is 0 Å². The molecule has 0 unspecified atom stereocenters. The number of nitrogens with two attached hydrogens (primary N) is 1. The summed E-state index contributed by atoms with van der Waals surface area (Å²) in [5.41, 5.74) is 6.32. The molecule has 0 aliphatic carbocycles. The Morgan fingerprint density at radius 2 is 1.75 bits per heavy atom. The number of halogens is 3. The molecule has 66 valence electrons. The highest BCUT2D eigenvalue weighted by molar-refractivity contribution is 6.48. The second kappa shape index (κ2) is 4.33. The van der Waals surface area contributed by atoms with Crippen LogP contribution in [0.4, 0.5) is 0 Å². The molecule has 0 aromatic heterocycles. The van der Waals surface area contributed by atoms with E-state index < -0.39 is 0 Å². The van der Waals surface area contributed by atoms with Crippen molar-refractivity contribution in [3.63, 3.8) is 0 Å². The van der Waals surface area contributed by atoms with Crippen LogP contribution in [0.15, 0.2) is 12.1 Å². The molecular weight excluding hydrogens is 216 g/mol. The van der Waals surface area contributed by atoms with Gasteiger partial charge in [-0.05, 0) is 24.6 Å². The second-order valence-electron chi connectivity index (χ2n) is 2.37. The maximum absolute atomic E-state index is 5.91. The molecule has 0 aliphatic rings. The molecule has 12 heavy (non-hydrogen) atoms. The van der Waals surface area contributed by atoms with E-state index in [2.05, 4.69) is 0 Å². The van der Waals surface area contributed by atoms with Gasteiger partial charge in [-0.25, -0.2) is 0 Å². The van der Waals surface area contributed by atoms with Gasteiger partial charge in [-0.3, -0.25) is 0 Å². The molecule has 1 aromatic carbocycles. The first-order chi connectivity index (χ1) is 5.66. The van der Waals surface area contributed by atoms with E-state index in [1.165, 1.54) is 0 Å². The Bertz CT molecular complexity index is 286. The average molecular weight is 225 g/mol. The van der Waals surface area contributed by atoms with Crippen LogP contribution < -0.4 is 5.73 Å². The first-order valence-corrected chi connectivity index (χ1v) is 4.62. The van der Waals surface area contributed by atoms with Gasteiger partial charge < -0.3 is 5.73 Å². The van der Waals surface area contributed by atoms with Gasteiger partial charge in [-0.15, -0.1) is 0 Å². The summed E-state index contributed by atoms with van der Waals surface area (Å²) in [6.45, 7) is 0.553.